The van der Waals surface area contributed by atoms with Gasteiger partial charge in [0.15, 0.2) is 0 Å². The number of aromatic nitrogens is 2. The zero-order valence-electron chi connectivity index (χ0n) is 13.7. The third-order valence-electron chi connectivity index (χ3n) is 4.70. The Bertz CT molecular complexity index is 383. The maximum atomic E-state index is 5.39. The van der Waals surface area contributed by atoms with Crippen LogP contribution in [-0.4, -0.2) is 29.3 Å². The van der Waals surface area contributed by atoms with Gasteiger partial charge in [0, 0.05) is 38.7 Å². The molecule has 1 aliphatic rings. The van der Waals surface area contributed by atoms with Crippen molar-refractivity contribution >= 4 is 5.95 Å². The molecule has 1 aliphatic carbocycles. The van der Waals surface area contributed by atoms with E-state index in [4.69, 9.17) is 4.74 Å². The van der Waals surface area contributed by atoms with Crippen molar-refractivity contribution in [1.82, 2.24) is 9.55 Å². The van der Waals surface area contributed by atoms with E-state index < -0.39 is 0 Å². The summed E-state index contributed by atoms with van der Waals surface area (Å²) < 4.78 is 7.60. The van der Waals surface area contributed by atoms with Gasteiger partial charge >= 0.3 is 0 Å². The van der Waals surface area contributed by atoms with E-state index in [1.165, 1.54) is 32.1 Å². The molecule has 0 aliphatic heterocycles. The van der Waals surface area contributed by atoms with E-state index in [1.807, 2.05) is 13.1 Å². The first-order valence-corrected chi connectivity index (χ1v) is 8.66. The highest BCUT2D eigenvalue weighted by Gasteiger charge is 2.20. The summed E-state index contributed by atoms with van der Waals surface area (Å²) in [5, 5.41) is 3.55. The summed E-state index contributed by atoms with van der Waals surface area (Å²) in [6.07, 6.45) is 11.9. The number of anilines is 1. The van der Waals surface area contributed by atoms with Crippen LogP contribution in [0.25, 0.3) is 0 Å². The second-order valence-electron chi connectivity index (χ2n) is 6.17. The lowest BCUT2D eigenvalue weighted by molar-refractivity contribution is 0.142. The predicted octanol–water partition coefficient (Wildman–Crippen LogP) is 3.94. The molecule has 0 bridgehead atoms. The normalized spacial score (nSPS) is 22.4. The van der Waals surface area contributed by atoms with Crippen LogP contribution >= 0.6 is 0 Å². The van der Waals surface area contributed by atoms with Crippen LogP contribution in [0.2, 0.25) is 0 Å². The molecule has 4 heteroatoms. The number of ether oxygens (including phenoxy) is 1. The average Bonchev–Trinajstić information content (AvgIpc) is 2.97. The Morgan fingerprint density at radius 2 is 2.00 bits per heavy atom. The Morgan fingerprint density at radius 1 is 1.24 bits per heavy atom. The van der Waals surface area contributed by atoms with Gasteiger partial charge in [-0.25, -0.2) is 4.98 Å². The molecule has 1 heterocycles. The first-order chi connectivity index (χ1) is 10.3. The summed E-state index contributed by atoms with van der Waals surface area (Å²) in [7, 11) is 0. The quantitative estimate of drug-likeness (QED) is 0.701. The minimum atomic E-state index is 0.801. The fraction of sp³-hybridized carbons (Fsp3) is 0.824. The molecule has 0 aromatic carbocycles. The Hall–Kier alpha value is -1.03. The third kappa shape index (κ3) is 5.34. The molecular formula is C17H31N3O. The second-order valence-corrected chi connectivity index (χ2v) is 6.17. The summed E-state index contributed by atoms with van der Waals surface area (Å²) in [4.78, 5) is 4.44. The fourth-order valence-electron chi connectivity index (χ4n) is 3.22. The number of imidazole rings is 1. The van der Waals surface area contributed by atoms with E-state index in [-0.39, 0.29) is 0 Å². The zero-order chi connectivity index (χ0) is 14.9. The Labute approximate surface area is 129 Å². The highest BCUT2D eigenvalue weighted by atomic mass is 16.5. The van der Waals surface area contributed by atoms with E-state index in [1.54, 1.807) is 0 Å². The number of hydrogen-bond acceptors (Lipinski definition) is 3. The van der Waals surface area contributed by atoms with Gasteiger partial charge in [-0.3, -0.25) is 0 Å². The van der Waals surface area contributed by atoms with Crippen molar-refractivity contribution < 1.29 is 4.74 Å². The van der Waals surface area contributed by atoms with Gasteiger partial charge in [-0.2, -0.15) is 0 Å². The standard InChI is InChI=1S/C17H31N3O/c1-3-15-6-8-16(9-7-15)14-19-17-18-10-12-20(17)11-5-13-21-4-2/h10,12,15-16H,3-9,11,13-14H2,1-2H3,(H,18,19). The molecule has 0 unspecified atom stereocenters. The van der Waals surface area contributed by atoms with Crippen molar-refractivity contribution in [2.45, 2.75) is 58.9 Å². The molecule has 21 heavy (non-hydrogen) atoms. The van der Waals surface area contributed by atoms with Crippen LogP contribution in [0, 0.1) is 11.8 Å². The molecule has 0 atom stereocenters. The van der Waals surface area contributed by atoms with Crippen LogP contribution in [0.15, 0.2) is 12.4 Å². The van der Waals surface area contributed by atoms with Crippen LogP contribution in [0.4, 0.5) is 5.95 Å². The SMILES string of the molecule is CCOCCCn1ccnc1NCC1CCC(CC)CC1. The molecular weight excluding hydrogens is 262 g/mol. The van der Waals surface area contributed by atoms with E-state index in [0.717, 1.165) is 50.5 Å². The maximum Gasteiger partial charge on any atom is 0.202 e. The molecule has 4 nitrogen and oxygen atoms in total. The van der Waals surface area contributed by atoms with Gasteiger partial charge < -0.3 is 14.6 Å². The molecule has 0 saturated heterocycles. The van der Waals surface area contributed by atoms with Crippen LogP contribution in [0.3, 0.4) is 0 Å². The highest BCUT2D eigenvalue weighted by molar-refractivity contribution is 5.25. The van der Waals surface area contributed by atoms with Gasteiger partial charge in [-0.1, -0.05) is 26.2 Å². The van der Waals surface area contributed by atoms with Crippen molar-refractivity contribution in [3.63, 3.8) is 0 Å². The molecule has 1 fully saturated rings. The largest absolute Gasteiger partial charge is 0.382 e. The van der Waals surface area contributed by atoms with Gasteiger partial charge in [-0.15, -0.1) is 0 Å². The molecule has 1 saturated carbocycles. The van der Waals surface area contributed by atoms with Crippen LogP contribution < -0.4 is 5.32 Å². The number of hydrogen-bond donors (Lipinski definition) is 1. The number of rotatable bonds is 9. The first kappa shape index (κ1) is 16.3. The molecule has 1 aromatic heterocycles. The molecule has 0 radical (unpaired) electrons. The maximum absolute atomic E-state index is 5.39. The summed E-state index contributed by atoms with van der Waals surface area (Å²) in [5.74, 6) is 2.81. The van der Waals surface area contributed by atoms with Gasteiger partial charge in [0.1, 0.15) is 0 Å². The molecule has 1 aromatic rings. The highest BCUT2D eigenvalue weighted by Crippen LogP contribution is 2.30. The number of aryl methyl sites for hydroxylation is 1. The number of nitrogens with zero attached hydrogens (tertiary/aromatic N) is 2. The van der Waals surface area contributed by atoms with E-state index in [2.05, 4.69) is 28.0 Å². The van der Waals surface area contributed by atoms with Crippen molar-refractivity contribution in [2.75, 3.05) is 25.1 Å². The fourth-order valence-corrected chi connectivity index (χ4v) is 3.22. The lowest BCUT2D eigenvalue weighted by Gasteiger charge is -2.28. The summed E-state index contributed by atoms with van der Waals surface area (Å²) in [5.41, 5.74) is 0. The summed E-state index contributed by atoms with van der Waals surface area (Å²) in [6, 6.07) is 0. The van der Waals surface area contributed by atoms with Crippen molar-refractivity contribution in [1.29, 1.82) is 0 Å². The smallest absolute Gasteiger partial charge is 0.202 e. The average molecular weight is 293 g/mol. The first-order valence-electron chi connectivity index (χ1n) is 8.66. The minimum absolute atomic E-state index is 0.801. The lowest BCUT2D eigenvalue weighted by Crippen LogP contribution is -2.22. The lowest BCUT2D eigenvalue weighted by atomic mass is 9.81. The number of nitrogens with one attached hydrogen (secondary N) is 1. The van der Waals surface area contributed by atoms with Crippen molar-refractivity contribution in [2.24, 2.45) is 11.8 Å². The van der Waals surface area contributed by atoms with Crippen molar-refractivity contribution in [3.8, 4) is 0 Å². The topological polar surface area (TPSA) is 39.1 Å². The molecule has 0 spiro atoms. The Kier molecular flexibility index (Phi) is 7.07. The monoisotopic (exact) mass is 293 g/mol. The van der Waals surface area contributed by atoms with Gasteiger partial charge in [0.2, 0.25) is 5.95 Å². The Morgan fingerprint density at radius 3 is 2.71 bits per heavy atom. The van der Waals surface area contributed by atoms with E-state index >= 15 is 0 Å². The predicted molar refractivity (Wildman–Crippen MR) is 87.6 cm³/mol. The van der Waals surface area contributed by atoms with Crippen LogP contribution in [-0.2, 0) is 11.3 Å². The molecule has 1 N–H and O–H groups in total. The van der Waals surface area contributed by atoms with Crippen molar-refractivity contribution in [3.05, 3.63) is 12.4 Å². The molecule has 0 amide bonds. The van der Waals surface area contributed by atoms with E-state index in [0.29, 0.717) is 0 Å². The zero-order valence-corrected chi connectivity index (χ0v) is 13.7. The van der Waals surface area contributed by atoms with E-state index in [9.17, 15) is 0 Å². The third-order valence-corrected chi connectivity index (χ3v) is 4.70. The second kappa shape index (κ2) is 9.08. The summed E-state index contributed by atoms with van der Waals surface area (Å²) in [6.45, 7) is 8.04. The van der Waals surface area contributed by atoms with Gasteiger partial charge in [0.25, 0.3) is 0 Å². The van der Waals surface area contributed by atoms with Crippen LogP contribution in [0.5, 0.6) is 0 Å². The molecule has 120 valence electrons. The van der Waals surface area contributed by atoms with Crippen LogP contribution in [0.1, 0.15) is 52.4 Å². The minimum Gasteiger partial charge on any atom is -0.382 e. The van der Waals surface area contributed by atoms with Gasteiger partial charge in [-0.05, 0) is 38.0 Å². The van der Waals surface area contributed by atoms with Gasteiger partial charge in [0.05, 0.1) is 0 Å². The summed E-state index contributed by atoms with van der Waals surface area (Å²) >= 11 is 0. The Balaban J connectivity index is 1.70. The molecule has 2 rings (SSSR count).